The molecule has 0 saturated carbocycles. The lowest BCUT2D eigenvalue weighted by Gasteiger charge is -2.35. The highest BCUT2D eigenvalue weighted by Gasteiger charge is 2.26. The minimum absolute atomic E-state index is 0.00104. The van der Waals surface area contributed by atoms with Gasteiger partial charge in [0.2, 0.25) is 0 Å². The van der Waals surface area contributed by atoms with Crippen molar-refractivity contribution in [2.45, 2.75) is 12.8 Å². The minimum Gasteiger partial charge on any atom is -0.463 e. The van der Waals surface area contributed by atoms with Gasteiger partial charge in [0.15, 0.2) is 11.5 Å². The van der Waals surface area contributed by atoms with Crippen LogP contribution in [0.15, 0.2) is 28.9 Å². The van der Waals surface area contributed by atoms with Gasteiger partial charge in [0.1, 0.15) is 5.69 Å². The van der Waals surface area contributed by atoms with Crippen molar-refractivity contribution in [1.82, 2.24) is 20.0 Å². The number of carbonyl (C=O) groups excluding carboxylic acids is 1. The summed E-state index contributed by atoms with van der Waals surface area (Å²) in [5.74, 6) is 1.36. The highest BCUT2D eigenvalue weighted by Crippen LogP contribution is 2.22. The molecule has 2 aromatic rings. The van der Waals surface area contributed by atoms with Crippen LogP contribution in [0, 0.1) is 5.92 Å². The second-order valence-corrected chi connectivity index (χ2v) is 6.79. The number of furan rings is 1. The number of hydrogen-bond donors (Lipinski definition) is 1. The molecule has 2 aliphatic heterocycles. The van der Waals surface area contributed by atoms with Gasteiger partial charge in [-0.15, -0.1) is 0 Å². The highest BCUT2D eigenvalue weighted by molar-refractivity contribution is 5.93. The van der Waals surface area contributed by atoms with E-state index < -0.39 is 0 Å². The van der Waals surface area contributed by atoms with Crippen molar-refractivity contribution in [2.75, 3.05) is 45.9 Å². The number of nitrogens with one attached hydrogen (secondary N) is 1. The number of morpholine rings is 1. The molecule has 0 atom stereocenters. The quantitative estimate of drug-likeness (QED) is 0.916. The van der Waals surface area contributed by atoms with Gasteiger partial charge in [-0.25, -0.2) is 0 Å². The van der Waals surface area contributed by atoms with Gasteiger partial charge in [0.25, 0.3) is 5.91 Å². The Hall–Kier alpha value is -2.12. The van der Waals surface area contributed by atoms with Crippen molar-refractivity contribution in [3.05, 3.63) is 30.2 Å². The van der Waals surface area contributed by atoms with Crippen LogP contribution < -0.4 is 0 Å². The summed E-state index contributed by atoms with van der Waals surface area (Å²) in [6.07, 6.45) is 3.72. The predicted molar refractivity (Wildman–Crippen MR) is 92.2 cm³/mol. The summed E-state index contributed by atoms with van der Waals surface area (Å²) in [6.45, 7) is 6.47. The number of amides is 1. The molecule has 7 heteroatoms. The smallest absolute Gasteiger partial charge is 0.274 e. The zero-order chi connectivity index (χ0) is 17.1. The number of aromatic nitrogens is 2. The van der Waals surface area contributed by atoms with Crippen molar-refractivity contribution < 1.29 is 13.9 Å². The summed E-state index contributed by atoms with van der Waals surface area (Å²) in [7, 11) is 0. The molecule has 1 N–H and O–H groups in total. The molecule has 25 heavy (non-hydrogen) atoms. The Kier molecular flexibility index (Phi) is 4.85. The zero-order valence-corrected chi connectivity index (χ0v) is 14.3. The lowest BCUT2D eigenvalue weighted by atomic mass is 9.96. The van der Waals surface area contributed by atoms with Crippen LogP contribution in [-0.4, -0.2) is 71.8 Å². The van der Waals surface area contributed by atoms with Crippen LogP contribution in [0.5, 0.6) is 0 Å². The molecular formula is C18H24N4O3. The third-order valence-corrected chi connectivity index (χ3v) is 5.11. The standard InChI is InChI=1S/C18H24N4O3/c23-18(16-12-15(19-20-16)17-2-1-9-25-17)22-5-3-14(4-6-22)13-21-7-10-24-11-8-21/h1-2,9,12,14H,3-8,10-11,13H2,(H,19,20). The molecule has 0 radical (unpaired) electrons. The topological polar surface area (TPSA) is 74.6 Å². The summed E-state index contributed by atoms with van der Waals surface area (Å²) in [5.41, 5.74) is 1.19. The van der Waals surface area contributed by atoms with Crippen molar-refractivity contribution >= 4 is 5.91 Å². The lowest BCUT2D eigenvalue weighted by Crippen LogP contribution is -2.44. The van der Waals surface area contributed by atoms with Crippen molar-refractivity contribution in [1.29, 1.82) is 0 Å². The lowest BCUT2D eigenvalue weighted by molar-refractivity contribution is 0.0242. The number of rotatable bonds is 4. The molecule has 2 fully saturated rings. The molecular weight excluding hydrogens is 320 g/mol. The Morgan fingerprint density at radius 1 is 1.24 bits per heavy atom. The molecule has 2 saturated heterocycles. The van der Waals surface area contributed by atoms with Crippen LogP contribution in [0.4, 0.5) is 0 Å². The van der Waals surface area contributed by atoms with Gasteiger partial charge in [0.05, 0.1) is 19.5 Å². The van der Waals surface area contributed by atoms with Gasteiger partial charge in [-0.1, -0.05) is 0 Å². The summed E-state index contributed by atoms with van der Waals surface area (Å²) in [4.78, 5) is 17.1. The van der Waals surface area contributed by atoms with Crippen LogP contribution in [0.3, 0.4) is 0 Å². The number of likely N-dealkylation sites (tertiary alicyclic amines) is 1. The fourth-order valence-electron chi connectivity index (χ4n) is 3.62. The van der Waals surface area contributed by atoms with Crippen LogP contribution in [0.1, 0.15) is 23.3 Å². The maximum Gasteiger partial charge on any atom is 0.274 e. The van der Waals surface area contributed by atoms with E-state index in [2.05, 4.69) is 15.1 Å². The molecule has 0 aliphatic carbocycles. The van der Waals surface area contributed by atoms with E-state index in [0.717, 1.165) is 64.5 Å². The summed E-state index contributed by atoms with van der Waals surface area (Å²) in [5, 5.41) is 7.04. The molecule has 0 spiro atoms. The second-order valence-electron chi connectivity index (χ2n) is 6.79. The molecule has 4 rings (SSSR count). The Bertz CT molecular complexity index is 683. The maximum atomic E-state index is 12.7. The molecule has 0 aromatic carbocycles. The van der Waals surface area contributed by atoms with Crippen molar-refractivity contribution in [3.8, 4) is 11.5 Å². The fraction of sp³-hybridized carbons (Fsp3) is 0.556. The van der Waals surface area contributed by atoms with Crippen LogP contribution in [-0.2, 0) is 4.74 Å². The van der Waals surface area contributed by atoms with E-state index in [9.17, 15) is 4.79 Å². The van der Waals surface area contributed by atoms with Crippen LogP contribution >= 0.6 is 0 Å². The van der Waals surface area contributed by atoms with E-state index >= 15 is 0 Å². The van der Waals surface area contributed by atoms with E-state index in [4.69, 9.17) is 9.15 Å². The SMILES string of the molecule is O=C(c1cc(-c2ccco2)[nH]n1)N1CCC(CN2CCOCC2)CC1. The van der Waals surface area contributed by atoms with E-state index in [1.165, 1.54) is 0 Å². The average molecular weight is 344 g/mol. The van der Waals surface area contributed by atoms with Gasteiger partial charge in [-0.2, -0.15) is 5.10 Å². The highest BCUT2D eigenvalue weighted by atomic mass is 16.5. The van der Waals surface area contributed by atoms with Gasteiger partial charge in [0, 0.05) is 38.8 Å². The number of hydrogen-bond acceptors (Lipinski definition) is 5. The summed E-state index contributed by atoms with van der Waals surface area (Å²) < 4.78 is 10.7. The van der Waals surface area contributed by atoms with E-state index in [0.29, 0.717) is 17.4 Å². The van der Waals surface area contributed by atoms with Gasteiger partial charge < -0.3 is 14.1 Å². The average Bonchev–Trinajstić information content (AvgIpc) is 3.34. The van der Waals surface area contributed by atoms with Gasteiger partial charge in [-0.3, -0.25) is 14.8 Å². The largest absolute Gasteiger partial charge is 0.463 e. The fourth-order valence-corrected chi connectivity index (χ4v) is 3.62. The molecule has 0 bridgehead atoms. The number of carbonyl (C=O) groups is 1. The van der Waals surface area contributed by atoms with Gasteiger partial charge >= 0.3 is 0 Å². The minimum atomic E-state index is -0.00104. The Labute approximate surface area is 146 Å². The normalized spacial score (nSPS) is 20.1. The third-order valence-electron chi connectivity index (χ3n) is 5.11. The van der Waals surface area contributed by atoms with Crippen LogP contribution in [0.25, 0.3) is 11.5 Å². The maximum absolute atomic E-state index is 12.7. The zero-order valence-electron chi connectivity index (χ0n) is 14.3. The molecule has 7 nitrogen and oxygen atoms in total. The number of piperidine rings is 1. The first-order chi connectivity index (χ1) is 12.3. The van der Waals surface area contributed by atoms with Crippen molar-refractivity contribution in [3.63, 3.8) is 0 Å². The Balaban J connectivity index is 1.30. The summed E-state index contributed by atoms with van der Waals surface area (Å²) >= 11 is 0. The number of H-pyrrole nitrogens is 1. The number of ether oxygens (including phenoxy) is 1. The van der Waals surface area contributed by atoms with Crippen LogP contribution in [0.2, 0.25) is 0 Å². The van der Waals surface area contributed by atoms with Gasteiger partial charge in [-0.05, 0) is 30.9 Å². The third kappa shape index (κ3) is 3.77. The number of aromatic amines is 1. The predicted octanol–water partition coefficient (Wildman–Crippen LogP) is 1.85. The molecule has 0 unspecified atom stereocenters. The number of nitrogens with zero attached hydrogens (tertiary/aromatic N) is 3. The van der Waals surface area contributed by atoms with E-state index in [1.54, 1.807) is 12.3 Å². The monoisotopic (exact) mass is 344 g/mol. The first kappa shape index (κ1) is 16.4. The Morgan fingerprint density at radius 3 is 2.76 bits per heavy atom. The molecule has 4 heterocycles. The van der Waals surface area contributed by atoms with E-state index in [1.807, 2.05) is 17.0 Å². The summed E-state index contributed by atoms with van der Waals surface area (Å²) in [6, 6.07) is 5.43. The molecule has 134 valence electrons. The molecule has 2 aliphatic rings. The van der Waals surface area contributed by atoms with Crippen molar-refractivity contribution in [2.24, 2.45) is 5.92 Å². The Morgan fingerprint density at radius 2 is 2.04 bits per heavy atom. The second kappa shape index (κ2) is 7.41. The molecule has 1 amide bonds. The first-order valence-electron chi connectivity index (χ1n) is 8.98. The van der Waals surface area contributed by atoms with E-state index in [-0.39, 0.29) is 5.91 Å². The molecule has 2 aromatic heterocycles. The first-order valence-corrected chi connectivity index (χ1v) is 8.98.